The second-order valence-electron chi connectivity index (χ2n) is 6.70. The van der Waals surface area contributed by atoms with Gasteiger partial charge in [-0.2, -0.15) is 0 Å². The van der Waals surface area contributed by atoms with E-state index in [0.29, 0.717) is 5.54 Å². The Bertz CT molecular complexity index is 228. The molecule has 2 aliphatic rings. The van der Waals surface area contributed by atoms with Gasteiger partial charge in [-0.25, -0.2) is 0 Å². The number of nitrogens with one attached hydrogen (secondary N) is 1. The second kappa shape index (κ2) is 6.93. The Labute approximate surface area is 114 Å². The third-order valence-corrected chi connectivity index (χ3v) is 5.62. The van der Waals surface area contributed by atoms with Gasteiger partial charge >= 0.3 is 0 Å². The molecule has 1 nitrogen and oxygen atoms in total. The van der Waals surface area contributed by atoms with Crippen molar-refractivity contribution in [2.24, 2.45) is 11.8 Å². The summed E-state index contributed by atoms with van der Waals surface area (Å²) in [7, 11) is 0. The molecule has 1 heterocycles. The van der Waals surface area contributed by atoms with Crippen molar-refractivity contribution in [1.82, 2.24) is 5.32 Å². The Balaban J connectivity index is 2.14. The van der Waals surface area contributed by atoms with Gasteiger partial charge in [0, 0.05) is 5.54 Å². The molecule has 18 heavy (non-hydrogen) atoms. The smallest absolute Gasteiger partial charge is 0.0212 e. The SMILES string of the molecule is CCCC1(C2CCCCC2CC)CCCCCN1. The lowest BCUT2D eigenvalue weighted by Gasteiger charge is -2.47. The summed E-state index contributed by atoms with van der Waals surface area (Å²) in [5, 5.41) is 4.03. The second-order valence-corrected chi connectivity index (χ2v) is 6.70. The number of hydrogen-bond acceptors (Lipinski definition) is 1. The lowest BCUT2D eigenvalue weighted by molar-refractivity contribution is 0.0838. The summed E-state index contributed by atoms with van der Waals surface area (Å²) in [4.78, 5) is 0. The van der Waals surface area contributed by atoms with Crippen molar-refractivity contribution < 1.29 is 0 Å². The van der Waals surface area contributed by atoms with Gasteiger partial charge in [0.15, 0.2) is 0 Å². The molecule has 1 heteroatoms. The highest BCUT2D eigenvalue weighted by molar-refractivity contribution is 4.99. The van der Waals surface area contributed by atoms with E-state index < -0.39 is 0 Å². The molecule has 3 unspecified atom stereocenters. The zero-order valence-electron chi connectivity index (χ0n) is 12.6. The van der Waals surface area contributed by atoms with Gasteiger partial charge in [-0.1, -0.05) is 58.8 Å². The van der Waals surface area contributed by atoms with Crippen molar-refractivity contribution in [3.05, 3.63) is 0 Å². The molecular weight excluding hydrogens is 218 g/mol. The van der Waals surface area contributed by atoms with Crippen molar-refractivity contribution in [3.8, 4) is 0 Å². The van der Waals surface area contributed by atoms with Crippen LogP contribution in [-0.4, -0.2) is 12.1 Å². The molecule has 0 radical (unpaired) electrons. The van der Waals surface area contributed by atoms with Crippen LogP contribution in [0.15, 0.2) is 0 Å². The van der Waals surface area contributed by atoms with Crippen LogP contribution in [0.4, 0.5) is 0 Å². The van der Waals surface area contributed by atoms with E-state index in [9.17, 15) is 0 Å². The number of rotatable bonds is 4. The van der Waals surface area contributed by atoms with Gasteiger partial charge in [0.05, 0.1) is 0 Å². The molecular formula is C17H33N. The van der Waals surface area contributed by atoms with Crippen LogP contribution in [0, 0.1) is 11.8 Å². The molecule has 106 valence electrons. The van der Waals surface area contributed by atoms with Gasteiger partial charge in [0.2, 0.25) is 0 Å². The maximum absolute atomic E-state index is 4.03. The van der Waals surface area contributed by atoms with Gasteiger partial charge in [-0.05, 0) is 44.1 Å². The minimum atomic E-state index is 0.506. The summed E-state index contributed by atoms with van der Waals surface area (Å²) in [6.07, 6.45) is 15.9. The van der Waals surface area contributed by atoms with Crippen LogP contribution in [0.25, 0.3) is 0 Å². The molecule has 2 rings (SSSR count). The van der Waals surface area contributed by atoms with Gasteiger partial charge in [0.25, 0.3) is 0 Å². The Morgan fingerprint density at radius 1 is 1.00 bits per heavy atom. The highest BCUT2D eigenvalue weighted by atomic mass is 15.0. The summed E-state index contributed by atoms with van der Waals surface area (Å²) in [5.41, 5.74) is 0.506. The van der Waals surface area contributed by atoms with Crippen LogP contribution in [0.1, 0.15) is 84.5 Å². The fourth-order valence-electron chi connectivity index (χ4n) is 4.75. The fraction of sp³-hybridized carbons (Fsp3) is 1.00. The van der Waals surface area contributed by atoms with Gasteiger partial charge < -0.3 is 5.32 Å². The van der Waals surface area contributed by atoms with E-state index in [1.165, 1.54) is 77.2 Å². The molecule has 0 aromatic carbocycles. The van der Waals surface area contributed by atoms with E-state index in [-0.39, 0.29) is 0 Å². The minimum Gasteiger partial charge on any atom is -0.311 e. The normalized spacial score (nSPS) is 38.3. The zero-order valence-corrected chi connectivity index (χ0v) is 12.6. The van der Waals surface area contributed by atoms with Crippen LogP contribution in [0.5, 0.6) is 0 Å². The maximum Gasteiger partial charge on any atom is 0.0212 e. The van der Waals surface area contributed by atoms with E-state index in [2.05, 4.69) is 19.2 Å². The van der Waals surface area contributed by atoms with Crippen molar-refractivity contribution in [2.45, 2.75) is 90.0 Å². The third-order valence-electron chi connectivity index (χ3n) is 5.62. The molecule has 2 fully saturated rings. The molecule has 0 aromatic heterocycles. The predicted octanol–water partition coefficient (Wildman–Crippen LogP) is 4.91. The van der Waals surface area contributed by atoms with E-state index in [4.69, 9.17) is 0 Å². The summed E-state index contributed by atoms with van der Waals surface area (Å²) in [6.45, 7) is 6.06. The minimum absolute atomic E-state index is 0.506. The monoisotopic (exact) mass is 251 g/mol. The van der Waals surface area contributed by atoms with E-state index in [1.54, 1.807) is 0 Å². The first-order chi connectivity index (χ1) is 8.82. The summed E-state index contributed by atoms with van der Waals surface area (Å²) < 4.78 is 0. The number of hydrogen-bond donors (Lipinski definition) is 1. The first kappa shape index (κ1) is 14.4. The molecule has 1 aliphatic heterocycles. The first-order valence-corrected chi connectivity index (χ1v) is 8.57. The van der Waals surface area contributed by atoms with Crippen LogP contribution >= 0.6 is 0 Å². The van der Waals surface area contributed by atoms with Crippen LogP contribution in [-0.2, 0) is 0 Å². The van der Waals surface area contributed by atoms with Crippen molar-refractivity contribution >= 4 is 0 Å². The topological polar surface area (TPSA) is 12.0 Å². The fourth-order valence-corrected chi connectivity index (χ4v) is 4.75. The van der Waals surface area contributed by atoms with E-state index in [0.717, 1.165) is 11.8 Å². The highest BCUT2D eigenvalue weighted by Crippen LogP contribution is 2.44. The molecule has 1 N–H and O–H groups in total. The van der Waals surface area contributed by atoms with E-state index in [1.807, 2.05) is 0 Å². The molecule has 1 saturated heterocycles. The summed E-state index contributed by atoms with van der Waals surface area (Å²) >= 11 is 0. The van der Waals surface area contributed by atoms with Crippen molar-refractivity contribution in [3.63, 3.8) is 0 Å². The molecule has 0 bridgehead atoms. The Hall–Kier alpha value is -0.0400. The summed E-state index contributed by atoms with van der Waals surface area (Å²) in [5.74, 6) is 1.96. The van der Waals surface area contributed by atoms with Crippen molar-refractivity contribution in [1.29, 1.82) is 0 Å². The predicted molar refractivity (Wildman–Crippen MR) is 79.8 cm³/mol. The molecule has 0 amide bonds. The lowest BCUT2D eigenvalue weighted by atomic mass is 9.64. The van der Waals surface area contributed by atoms with Gasteiger partial charge in [-0.15, -0.1) is 0 Å². The molecule has 1 saturated carbocycles. The van der Waals surface area contributed by atoms with Crippen LogP contribution < -0.4 is 5.32 Å². The maximum atomic E-state index is 4.03. The zero-order chi connectivity index (χ0) is 12.8. The quantitative estimate of drug-likeness (QED) is 0.749. The average molecular weight is 251 g/mol. The lowest BCUT2D eigenvalue weighted by Crippen LogP contribution is -2.53. The first-order valence-electron chi connectivity index (χ1n) is 8.57. The van der Waals surface area contributed by atoms with Crippen molar-refractivity contribution in [2.75, 3.05) is 6.54 Å². The highest BCUT2D eigenvalue weighted by Gasteiger charge is 2.42. The Morgan fingerprint density at radius 3 is 2.61 bits per heavy atom. The molecule has 1 aliphatic carbocycles. The Kier molecular flexibility index (Phi) is 5.54. The molecule has 0 aromatic rings. The van der Waals surface area contributed by atoms with Gasteiger partial charge in [-0.3, -0.25) is 0 Å². The standard InChI is InChI=1S/C17H33N/c1-3-12-17(13-8-5-9-14-18-17)16-11-7-6-10-15(16)4-2/h15-16,18H,3-14H2,1-2H3. The average Bonchev–Trinajstić information content (AvgIpc) is 2.66. The molecule has 3 atom stereocenters. The van der Waals surface area contributed by atoms with Gasteiger partial charge in [0.1, 0.15) is 0 Å². The summed E-state index contributed by atoms with van der Waals surface area (Å²) in [6, 6.07) is 0. The molecule has 0 spiro atoms. The van der Waals surface area contributed by atoms with Crippen LogP contribution in [0.2, 0.25) is 0 Å². The Morgan fingerprint density at radius 2 is 1.83 bits per heavy atom. The largest absolute Gasteiger partial charge is 0.311 e. The van der Waals surface area contributed by atoms with E-state index >= 15 is 0 Å². The van der Waals surface area contributed by atoms with Crippen LogP contribution in [0.3, 0.4) is 0 Å². The third kappa shape index (κ3) is 3.10.